The zero-order valence-corrected chi connectivity index (χ0v) is 13.9. The molecule has 1 unspecified atom stereocenters. The summed E-state index contributed by atoms with van der Waals surface area (Å²) in [6.45, 7) is 13.6. The predicted octanol–water partition coefficient (Wildman–Crippen LogP) is 1.39. The van der Waals surface area contributed by atoms with Crippen LogP contribution < -0.4 is 5.73 Å². The van der Waals surface area contributed by atoms with Crippen LogP contribution >= 0.6 is 0 Å². The van der Waals surface area contributed by atoms with Crippen molar-refractivity contribution in [2.75, 3.05) is 45.9 Å². The lowest BCUT2D eigenvalue weighted by Crippen LogP contribution is -2.46. The van der Waals surface area contributed by atoms with Crippen LogP contribution in [0.4, 0.5) is 0 Å². The summed E-state index contributed by atoms with van der Waals surface area (Å²) in [6.07, 6.45) is 2.64. The number of nitrogens with two attached hydrogens (primary N) is 1. The monoisotopic (exact) mass is 296 g/mol. The Morgan fingerprint density at radius 3 is 2.67 bits per heavy atom. The van der Waals surface area contributed by atoms with Gasteiger partial charge in [-0.1, -0.05) is 20.8 Å². The summed E-state index contributed by atoms with van der Waals surface area (Å²) in [7, 11) is 0. The first-order valence-electron chi connectivity index (χ1n) is 8.43. The molecule has 0 bridgehead atoms. The lowest BCUT2D eigenvalue weighted by Gasteiger charge is -2.34. The smallest absolute Gasteiger partial charge is 0.191 e. The van der Waals surface area contributed by atoms with Crippen LogP contribution in [-0.4, -0.2) is 67.7 Å². The highest BCUT2D eigenvalue weighted by atomic mass is 16.5. The van der Waals surface area contributed by atoms with Crippen LogP contribution in [0.5, 0.6) is 0 Å². The van der Waals surface area contributed by atoms with E-state index in [1.165, 1.54) is 12.8 Å². The summed E-state index contributed by atoms with van der Waals surface area (Å²) in [4.78, 5) is 9.28. The molecule has 2 fully saturated rings. The van der Waals surface area contributed by atoms with E-state index in [4.69, 9.17) is 10.5 Å². The van der Waals surface area contributed by atoms with Gasteiger partial charge in [-0.15, -0.1) is 0 Å². The highest BCUT2D eigenvalue weighted by molar-refractivity contribution is 5.78. The fourth-order valence-electron chi connectivity index (χ4n) is 3.11. The van der Waals surface area contributed by atoms with Gasteiger partial charge in [0.05, 0.1) is 19.3 Å². The molecule has 0 radical (unpaired) electrons. The minimum atomic E-state index is 0.194. The van der Waals surface area contributed by atoms with Gasteiger partial charge in [-0.3, -0.25) is 9.89 Å². The van der Waals surface area contributed by atoms with Gasteiger partial charge in [0.25, 0.3) is 0 Å². The first kappa shape index (κ1) is 16.6. The molecule has 122 valence electrons. The summed E-state index contributed by atoms with van der Waals surface area (Å²) >= 11 is 0. The minimum absolute atomic E-state index is 0.194. The van der Waals surface area contributed by atoms with Crippen molar-refractivity contribution >= 4 is 5.96 Å². The third kappa shape index (κ3) is 5.47. The maximum Gasteiger partial charge on any atom is 0.191 e. The molecule has 0 aromatic rings. The minimum Gasteiger partial charge on any atom is -0.374 e. The Hall–Kier alpha value is -0.810. The Balaban J connectivity index is 1.76. The third-order valence-corrected chi connectivity index (χ3v) is 4.41. The Bertz CT molecular complexity index is 337. The van der Waals surface area contributed by atoms with Gasteiger partial charge in [-0.2, -0.15) is 0 Å². The molecular weight excluding hydrogens is 264 g/mol. The number of likely N-dealkylation sites (tertiary alicyclic amines) is 1. The van der Waals surface area contributed by atoms with E-state index in [0.29, 0.717) is 18.4 Å². The fourth-order valence-corrected chi connectivity index (χ4v) is 3.11. The Kier molecular flexibility index (Phi) is 6.30. The van der Waals surface area contributed by atoms with Gasteiger partial charge in [-0.05, 0) is 24.7 Å². The van der Waals surface area contributed by atoms with Crippen molar-refractivity contribution in [3.63, 3.8) is 0 Å². The lowest BCUT2D eigenvalue weighted by molar-refractivity contribution is -0.0262. The quantitative estimate of drug-likeness (QED) is 0.629. The van der Waals surface area contributed by atoms with Crippen molar-refractivity contribution < 1.29 is 4.74 Å². The molecule has 21 heavy (non-hydrogen) atoms. The molecule has 0 aromatic carbocycles. The van der Waals surface area contributed by atoms with Crippen molar-refractivity contribution in [2.24, 2.45) is 22.6 Å². The number of hydrogen-bond acceptors (Lipinski definition) is 3. The first-order chi connectivity index (χ1) is 10.0. The summed E-state index contributed by atoms with van der Waals surface area (Å²) in [5.74, 6) is 2.22. The molecule has 0 aromatic heterocycles. The zero-order chi connectivity index (χ0) is 15.2. The average Bonchev–Trinajstić information content (AvgIpc) is 2.45. The van der Waals surface area contributed by atoms with Gasteiger partial charge in [0, 0.05) is 32.7 Å². The van der Waals surface area contributed by atoms with E-state index < -0.39 is 0 Å². The molecule has 2 N–H and O–H groups in total. The molecule has 0 amide bonds. The predicted molar refractivity (Wildman–Crippen MR) is 87.5 cm³/mol. The van der Waals surface area contributed by atoms with E-state index in [0.717, 1.165) is 45.2 Å². The molecule has 0 aliphatic carbocycles. The van der Waals surface area contributed by atoms with Crippen molar-refractivity contribution in [3.8, 4) is 0 Å². The molecule has 2 saturated heterocycles. The number of hydrogen-bond donors (Lipinski definition) is 1. The second kappa shape index (κ2) is 7.99. The lowest BCUT2D eigenvalue weighted by atomic mass is 10.00. The second-order valence-electron chi connectivity index (χ2n) is 7.01. The van der Waals surface area contributed by atoms with Crippen LogP contribution in [0.25, 0.3) is 0 Å². The molecule has 0 spiro atoms. The second-order valence-corrected chi connectivity index (χ2v) is 7.01. The first-order valence-corrected chi connectivity index (χ1v) is 8.43. The number of rotatable bonds is 4. The summed E-state index contributed by atoms with van der Waals surface area (Å²) in [5, 5.41) is 0. The molecule has 2 heterocycles. The fraction of sp³-hybridized carbons (Fsp3) is 0.938. The van der Waals surface area contributed by atoms with Crippen molar-refractivity contribution in [1.29, 1.82) is 0 Å². The van der Waals surface area contributed by atoms with Crippen molar-refractivity contribution in [2.45, 2.75) is 39.7 Å². The Morgan fingerprint density at radius 2 is 2.00 bits per heavy atom. The highest BCUT2D eigenvalue weighted by Gasteiger charge is 2.21. The van der Waals surface area contributed by atoms with Crippen LogP contribution in [0.2, 0.25) is 0 Å². The van der Waals surface area contributed by atoms with E-state index in [-0.39, 0.29) is 6.10 Å². The number of morpholine rings is 1. The maximum atomic E-state index is 6.13. The topological polar surface area (TPSA) is 54.1 Å². The van der Waals surface area contributed by atoms with E-state index in [1.807, 2.05) is 0 Å². The number of piperidine rings is 1. The largest absolute Gasteiger partial charge is 0.374 e. The van der Waals surface area contributed by atoms with E-state index in [2.05, 4.69) is 35.6 Å². The summed E-state index contributed by atoms with van der Waals surface area (Å²) < 4.78 is 5.82. The van der Waals surface area contributed by atoms with Crippen LogP contribution in [-0.2, 0) is 4.74 Å². The highest BCUT2D eigenvalue weighted by Crippen LogP contribution is 2.15. The van der Waals surface area contributed by atoms with Crippen molar-refractivity contribution in [3.05, 3.63) is 0 Å². The molecular formula is C16H32N4O. The molecule has 2 rings (SSSR count). The molecule has 5 heteroatoms. The average molecular weight is 296 g/mol. The molecule has 2 aliphatic heterocycles. The van der Waals surface area contributed by atoms with Gasteiger partial charge < -0.3 is 15.4 Å². The van der Waals surface area contributed by atoms with E-state index in [1.54, 1.807) is 0 Å². The SMILES string of the molecule is CC(C)CN1CCOC(CN=C(N)N2CCC(C)CC2)C1. The summed E-state index contributed by atoms with van der Waals surface area (Å²) in [5.41, 5.74) is 6.13. The Morgan fingerprint density at radius 1 is 1.29 bits per heavy atom. The van der Waals surface area contributed by atoms with Gasteiger partial charge in [0.1, 0.15) is 0 Å². The van der Waals surface area contributed by atoms with Gasteiger partial charge in [0.2, 0.25) is 0 Å². The van der Waals surface area contributed by atoms with E-state index >= 15 is 0 Å². The maximum absolute atomic E-state index is 6.13. The van der Waals surface area contributed by atoms with Gasteiger partial charge in [-0.25, -0.2) is 0 Å². The standard InChI is InChI=1S/C16H32N4O/c1-13(2)11-19-8-9-21-15(12-19)10-18-16(17)20-6-4-14(3)5-7-20/h13-15H,4-12H2,1-3H3,(H2,17,18). The number of aliphatic imine (C=N–C) groups is 1. The molecule has 0 saturated carbocycles. The number of nitrogens with zero attached hydrogens (tertiary/aromatic N) is 3. The van der Waals surface area contributed by atoms with Crippen LogP contribution in [0, 0.1) is 11.8 Å². The van der Waals surface area contributed by atoms with Crippen LogP contribution in [0.15, 0.2) is 4.99 Å². The number of ether oxygens (including phenoxy) is 1. The van der Waals surface area contributed by atoms with Gasteiger partial charge in [0.15, 0.2) is 5.96 Å². The molecule has 5 nitrogen and oxygen atoms in total. The van der Waals surface area contributed by atoms with Crippen LogP contribution in [0.3, 0.4) is 0 Å². The Labute approximate surface area is 129 Å². The van der Waals surface area contributed by atoms with E-state index in [9.17, 15) is 0 Å². The third-order valence-electron chi connectivity index (χ3n) is 4.41. The van der Waals surface area contributed by atoms with Crippen molar-refractivity contribution in [1.82, 2.24) is 9.80 Å². The van der Waals surface area contributed by atoms with Gasteiger partial charge >= 0.3 is 0 Å². The van der Waals surface area contributed by atoms with Crippen LogP contribution in [0.1, 0.15) is 33.6 Å². The normalized spacial score (nSPS) is 26.6. The molecule has 2 aliphatic rings. The zero-order valence-electron chi connectivity index (χ0n) is 13.9. The number of guanidine groups is 1. The summed E-state index contributed by atoms with van der Waals surface area (Å²) in [6, 6.07) is 0. The molecule has 1 atom stereocenters.